The van der Waals surface area contributed by atoms with Gasteiger partial charge in [0.15, 0.2) is 0 Å². The molecule has 3 nitrogen and oxygen atoms in total. The molecule has 1 N–H and O–H groups in total. The molecule has 1 aliphatic rings. The van der Waals surface area contributed by atoms with Crippen molar-refractivity contribution in [2.24, 2.45) is 0 Å². The third-order valence-electron chi connectivity index (χ3n) is 4.46. The van der Waals surface area contributed by atoms with E-state index in [1.807, 2.05) is 39.8 Å². The lowest BCUT2D eigenvalue weighted by atomic mass is 9.67. The molecule has 0 aliphatic carbocycles. The molecule has 1 aromatic carbocycles. The summed E-state index contributed by atoms with van der Waals surface area (Å²) in [6.45, 7) is 15.4. The molecule has 0 spiro atoms. The molecule has 4 heteroatoms. The smallest absolute Gasteiger partial charge is 0.231 e. The van der Waals surface area contributed by atoms with Crippen LogP contribution in [0.5, 0.6) is 0 Å². The molecule has 1 aliphatic heterocycles. The van der Waals surface area contributed by atoms with Crippen LogP contribution >= 0.6 is 15.9 Å². The third-order valence-corrected chi connectivity index (χ3v) is 5.10. The molecule has 0 bridgehead atoms. The molecular formula is C16H19BrN2O. The quantitative estimate of drug-likeness (QED) is 0.798. The molecule has 1 aromatic rings. The maximum Gasteiger partial charge on any atom is 0.231 e. The fraction of sp³-hybridized carbons (Fsp3) is 0.500. The van der Waals surface area contributed by atoms with Gasteiger partial charge < -0.3 is 5.32 Å². The van der Waals surface area contributed by atoms with E-state index in [0.717, 1.165) is 28.4 Å². The van der Waals surface area contributed by atoms with Crippen LogP contribution < -0.4 is 5.32 Å². The van der Waals surface area contributed by atoms with Gasteiger partial charge in [0, 0.05) is 4.47 Å². The van der Waals surface area contributed by atoms with Crippen molar-refractivity contribution in [1.29, 1.82) is 0 Å². The summed E-state index contributed by atoms with van der Waals surface area (Å²) in [5, 5.41) is 3.13. The van der Waals surface area contributed by atoms with Crippen molar-refractivity contribution in [3.63, 3.8) is 0 Å². The van der Waals surface area contributed by atoms with Crippen molar-refractivity contribution >= 4 is 27.5 Å². The van der Waals surface area contributed by atoms with Crippen molar-refractivity contribution in [3.05, 3.63) is 39.1 Å². The zero-order chi connectivity index (χ0) is 15.1. The van der Waals surface area contributed by atoms with Crippen molar-refractivity contribution in [2.75, 3.05) is 0 Å². The van der Waals surface area contributed by atoms with Gasteiger partial charge in [0.1, 0.15) is 0 Å². The summed E-state index contributed by atoms with van der Waals surface area (Å²) in [4.78, 5) is 16.2. The van der Waals surface area contributed by atoms with Crippen molar-refractivity contribution in [3.8, 4) is 0 Å². The van der Waals surface area contributed by atoms with Crippen LogP contribution in [-0.4, -0.2) is 5.91 Å². The first-order chi connectivity index (χ1) is 9.32. The lowest BCUT2D eigenvalue weighted by Gasteiger charge is -2.44. The molecule has 1 amide bonds. The van der Waals surface area contributed by atoms with E-state index < -0.39 is 11.0 Å². The van der Waals surface area contributed by atoms with Gasteiger partial charge in [0.05, 0.1) is 17.5 Å². The highest BCUT2D eigenvalue weighted by molar-refractivity contribution is 9.10. The van der Waals surface area contributed by atoms with Gasteiger partial charge in [-0.15, -0.1) is 0 Å². The number of benzene rings is 1. The topological polar surface area (TPSA) is 33.5 Å². The number of amides is 1. The molecule has 1 heterocycles. The number of nitrogens with one attached hydrogen (secondary N) is 1. The Balaban J connectivity index is 2.83. The summed E-state index contributed by atoms with van der Waals surface area (Å²) >= 11 is 3.46. The predicted octanol–water partition coefficient (Wildman–Crippen LogP) is 4.42. The van der Waals surface area contributed by atoms with Crippen LogP contribution in [0, 0.1) is 6.57 Å². The first-order valence-corrected chi connectivity index (χ1v) is 7.66. The minimum absolute atomic E-state index is 0.0678. The lowest BCUT2D eigenvalue weighted by Crippen LogP contribution is -2.56. The second-order valence-corrected chi connectivity index (χ2v) is 6.68. The van der Waals surface area contributed by atoms with Crippen molar-refractivity contribution in [1.82, 2.24) is 5.32 Å². The average Bonchev–Trinajstić information content (AvgIpc) is 2.40. The Morgan fingerprint density at radius 1 is 1.25 bits per heavy atom. The number of nitrogens with zero attached hydrogens (tertiary/aromatic N) is 1. The van der Waals surface area contributed by atoms with E-state index in [9.17, 15) is 4.79 Å². The number of carbonyl (C=O) groups is 1. The minimum Gasteiger partial charge on any atom is -0.346 e. The van der Waals surface area contributed by atoms with E-state index in [1.54, 1.807) is 0 Å². The van der Waals surface area contributed by atoms with Gasteiger partial charge in [0.2, 0.25) is 11.6 Å². The summed E-state index contributed by atoms with van der Waals surface area (Å²) in [6, 6.07) is 3.88. The van der Waals surface area contributed by atoms with Crippen LogP contribution in [0.1, 0.15) is 51.7 Å². The molecule has 0 atom stereocenters. The Labute approximate surface area is 128 Å². The van der Waals surface area contributed by atoms with Gasteiger partial charge in [-0.1, -0.05) is 41.9 Å². The van der Waals surface area contributed by atoms with Crippen molar-refractivity contribution in [2.45, 2.75) is 51.5 Å². The van der Waals surface area contributed by atoms with Crippen LogP contribution in [0.3, 0.4) is 0 Å². The van der Waals surface area contributed by atoms with E-state index in [-0.39, 0.29) is 5.91 Å². The van der Waals surface area contributed by atoms with Crippen LogP contribution in [0.25, 0.3) is 4.85 Å². The van der Waals surface area contributed by atoms with Gasteiger partial charge in [0.25, 0.3) is 0 Å². The summed E-state index contributed by atoms with van der Waals surface area (Å²) in [7, 11) is 0. The maximum atomic E-state index is 12.6. The normalized spacial score (nSPS) is 18.9. The SMILES string of the molecule is [C-]#[N+]c1cc2c(cc1Br)C(C)(C)NC(=O)C2(CC)CC. The van der Waals surface area contributed by atoms with Crippen LogP contribution in [-0.2, 0) is 15.7 Å². The lowest BCUT2D eigenvalue weighted by molar-refractivity contribution is -0.130. The monoisotopic (exact) mass is 334 g/mol. The summed E-state index contributed by atoms with van der Waals surface area (Å²) in [5.41, 5.74) is 1.74. The zero-order valence-electron chi connectivity index (χ0n) is 12.3. The zero-order valence-corrected chi connectivity index (χ0v) is 13.9. The molecule has 0 fully saturated rings. The summed E-state index contributed by atoms with van der Waals surface area (Å²) in [5.74, 6) is 0.0678. The second-order valence-electron chi connectivity index (χ2n) is 5.83. The predicted molar refractivity (Wildman–Crippen MR) is 83.8 cm³/mol. The van der Waals surface area contributed by atoms with Gasteiger partial charge in [-0.05, 0) is 37.8 Å². The van der Waals surface area contributed by atoms with Gasteiger partial charge in [-0.2, -0.15) is 0 Å². The van der Waals surface area contributed by atoms with E-state index in [4.69, 9.17) is 6.57 Å². The highest BCUT2D eigenvalue weighted by Crippen LogP contribution is 2.46. The molecule has 0 unspecified atom stereocenters. The average molecular weight is 335 g/mol. The second kappa shape index (κ2) is 4.89. The maximum absolute atomic E-state index is 12.6. The van der Waals surface area contributed by atoms with E-state index in [0.29, 0.717) is 5.69 Å². The van der Waals surface area contributed by atoms with Crippen LogP contribution in [0.2, 0.25) is 0 Å². The number of carbonyl (C=O) groups excluding carboxylic acids is 1. The van der Waals surface area contributed by atoms with Gasteiger partial charge in [-0.3, -0.25) is 4.79 Å². The van der Waals surface area contributed by atoms with E-state index in [1.165, 1.54) is 0 Å². The fourth-order valence-corrected chi connectivity index (χ4v) is 3.54. The Morgan fingerprint density at radius 3 is 2.35 bits per heavy atom. The largest absolute Gasteiger partial charge is 0.346 e. The molecule has 0 saturated heterocycles. The molecular weight excluding hydrogens is 316 g/mol. The standard InChI is InChI=1S/C16H19BrN2O/c1-6-16(7-2)11-9-13(18-5)12(17)8-10(11)15(3,4)19-14(16)20/h8-9H,6-7H2,1-4H3,(H,19,20). The summed E-state index contributed by atoms with van der Waals surface area (Å²) in [6.07, 6.45) is 1.47. The summed E-state index contributed by atoms with van der Waals surface area (Å²) < 4.78 is 0.789. The van der Waals surface area contributed by atoms with Gasteiger partial charge in [-0.25, -0.2) is 4.85 Å². The fourth-order valence-electron chi connectivity index (χ4n) is 3.11. The third kappa shape index (κ3) is 1.96. The number of rotatable bonds is 2. The van der Waals surface area contributed by atoms with E-state index in [2.05, 4.69) is 26.1 Å². The Bertz CT molecular complexity index is 610. The number of hydrogen-bond donors (Lipinski definition) is 1. The molecule has 0 aromatic heterocycles. The number of hydrogen-bond acceptors (Lipinski definition) is 1. The Hall–Kier alpha value is -1.34. The highest BCUT2D eigenvalue weighted by Gasteiger charge is 2.47. The Kier molecular flexibility index (Phi) is 3.68. The van der Waals surface area contributed by atoms with Crippen molar-refractivity contribution < 1.29 is 4.79 Å². The highest BCUT2D eigenvalue weighted by atomic mass is 79.9. The molecule has 2 rings (SSSR count). The number of halogens is 1. The minimum atomic E-state index is -0.523. The number of fused-ring (bicyclic) bond motifs is 1. The van der Waals surface area contributed by atoms with E-state index >= 15 is 0 Å². The molecule has 0 radical (unpaired) electrons. The van der Waals surface area contributed by atoms with Gasteiger partial charge >= 0.3 is 0 Å². The van der Waals surface area contributed by atoms with Crippen LogP contribution in [0.15, 0.2) is 16.6 Å². The molecule has 106 valence electrons. The molecule has 20 heavy (non-hydrogen) atoms. The Morgan fingerprint density at radius 2 is 1.85 bits per heavy atom. The first kappa shape index (κ1) is 15.1. The van der Waals surface area contributed by atoms with Crippen LogP contribution in [0.4, 0.5) is 5.69 Å². The first-order valence-electron chi connectivity index (χ1n) is 6.87. The molecule has 0 saturated carbocycles.